The first-order valence-corrected chi connectivity index (χ1v) is 14.5. The number of aromatic amines is 1. The van der Waals surface area contributed by atoms with Crippen LogP contribution in [-0.4, -0.2) is 41.5 Å². The molecule has 0 bridgehead atoms. The molecule has 7 rings (SSSR count). The van der Waals surface area contributed by atoms with E-state index in [4.69, 9.17) is 14.8 Å². The maximum atomic E-state index is 5.58. The lowest BCUT2D eigenvalue weighted by molar-refractivity contribution is 0.122. The molecule has 4 aromatic rings. The molecule has 199 valence electrons. The topological polar surface area (TPSA) is 54.0 Å². The van der Waals surface area contributed by atoms with Crippen molar-refractivity contribution in [1.29, 1.82) is 0 Å². The fraction of sp³-hybridized carbons (Fsp3) is 0.382. The lowest BCUT2D eigenvalue weighted by Gasteiger charge is -2.44. The highest BCUT2D eigenvalue weighted by Crippen LogP contribution is 2.49. The van der Waals surface area contributed by atoms with E-state index in [0.717, 1.165) is 67.6 Å². The Kier molecular flexibility index (Phi) is 6.27. The molecule has 0 amide bonds. The highest BCUT2D eigenvalue weighted by molar-refractivity contribution is 5.86. The van der Waals surface area contributed by atoms with E-state index in [0.29, 0.717) is 5.41 Å². The Morgan fingerprint density at radius 3 is 2.36 bits per heavy atom. The van der Waals surface area contributed by atoms with E-state index < -0.39 is 0 Å². The molecule has 2 aliphatic carbocycles. The minimum absolute atomic E-state index is 0.331. The molecule has 39 heavy (non-hydrogen) atoms. The summed E-state index contributed by atoms with van der Waals surface area (Å²) in [6.07, 6.45) is 6.99. The van der Waals surface area contributed by atoms with Crippen LogP contribution in [0.3, 0.4) is 0 Å². The molecule has 5 nitrogen and oxygen atoms in total. The van der Waals surface area contributed by atoms with E-state index in [9.17, 15) is 0 Å². The Bertz CT molecular complexity index is 1460. The highest BCUT2D eigenvalue weighted by Gasteiger charge is 2.39. The number of ether oxygens (including phenoxy) is 1. The van der Waals surface area contributed by atoms with Gasteiger partial charge in [-0.3, -0.25) is 10.1 Å². The summed E-state index contributed by atoms with van der Waals surface area (Å²) in [5.41, 5.74) is 11.1. The van der Waals surface area contributed by atoms with E-state index in [2.05, 4.69) is 84.5 Å². The molecule has 1 saturated carbocycles. The molecule has 1 radical (unpaired) electrons. The summed E-state index contributed by atoms with van der Waals surface area (Å²) in [4.78, 5) is 7.75. The minimum Gasteiger partial charge on any atom is -0.378 e. The van der Waals surface area contributed by atoms with Crippen molar-refractivity contribution in [3.05, 3.63) is 83.4 Å². The summed E-state index contributed by atoms with van der Waals surface area (Å²) >= 11 is 0. The lowest BCUT2D eigenvalue weighted by atomic mass is 9.61. The molecule has 3 aliphatic rings. The van der Waals surface area contributed by atoms with Crippen molar-refractivity contribution in [2.24, 2.45) is 0 Å². The van der Waals surface area contributed by atoms with Gasteiger partial charge in [0.2, 0.25) is 0 Å². The van der Waals surface area contributed by atoms with E-state index in [1.165, 1.54) is 59.4 Å². The van der Waals surface area contributed by atoms with E-state index in [-0.39, 0.29) is 0 Å². The first kappa shape index (κ1) is 24.6. The van der Waals surface area contributed by atoms with Crippen LogP contribution in [0, 0.1) is 5.92 Å². The van der Waals surface area contributed by atoms with Crippen LogP contribution in [-0.2, 0) is 23.0 Å². The van der Waals surface area contributed by atoms with Gasteiger partial charge in [0, 0.05) is 35.3 Å². The summed E-state index contributed by atoms with van der Waals surface area (Å²) in [5.74, 6) is 2.68. The number of aryl methyl sites for hydroxylation is 1. The number of H-pyrrole nitrogens is 1. The third kappa shape index (κ3) is 4.37. The van der Waals surface area contributed by atoms with Gasteiger partial charge in [0.1, 0.15) is 5.82 Å². The van der Waals surface area contributed by atoms with Crippen LogP contribution in [0.4, 0.5) is 5.82 Å². The average molecular weight is 518 g/mol. The average Bonchev–Trinajstić information content (AvgIpc) is 3.40. The van der Waals surface area contributed by atoms with Crippen molar-refractivity contribution >= 4 is 5.82 Å². The Balaban J connectivity index is 1.30. The summed E-state index contributed by atoms with van der Waals surface area (Å²) in [6.45, 7) is 7.88. The maximum absolute atomic E-state index is 5.58. The number of anilines is 1. The standard InChI is InChI=1S/C34H37N4O/c1-23(2)22-34(15-6-16-34)26-11-9-25(10-12-26)31-28(24-7-4-3-5-8-24)21-29-30(35-31)14-13-27-32(29)36-37-33(27)38-17-19-39-20-18-38/h3-5,7-12,21H,6,13-20,22H2,1-2H3,(H,36,37). The molecule has 0 spiro atoms. The second-order valence-corrected chi connectivity index (χ2v) is 11.8. The molecular formula is C34H37N4O. The summed E-state index contributed by atoms with van der Waals surface area (Å²) in [6, 6.07) is 22.4. The second-order valence-electron chi connectivity index (χ2n) is 11.8. The van der Waals surface area contributed by atoms with Gasteiger partial charge in [0.25, 0.3) is 0 Å². The molecule has 3 heterocycles. The minimum atomic E-state index is 0.331. The molecule has 1 aliphatic heterocycles. The van der Waals surface area contributed by atoms with Crippen LogP contribution in [0.1, 0.15) is 56.4 Å². The summed E-state index contributed by atoms with van der Waals surface area (Å²) < 4.78 is 5.58. The van der Waals surface area contributed by atoms with E-state index in [1.807, 2.05) is 0 Å². The quantitative estimate of drug-likeness (QED) is 0.295. The molecule has 1 N–H and O–H groups in total. The number of rotatable bonds is 6. The number of morpholine rings is 1. The number of nitrogens with one attached hydrogen (secondary N) is 1. The van der Waals surface area contributed by atoms with Gasteiger partial charge in [-0.2, -0.15) is 5.10 Å². The predicted molar refractivity (Wildman–Crippen MR) is 158 cm³/mol. The smallest absolute Gasteiger partial charge is 0.128 e. The van der Waals surface area contributed by atoms with Crippen LogP contribution in [0.25, 0.3) is 33.6 Å². The van der Waals surface area contributed by atoms with Crippen LogP contribution in [0.15, 0.2) is 60.7 Å². The summed E-state index contributed by atoms with van der Waals surface area (Å²) in [5, 5.41) is 8.21. The van der Waals surface area contributed by atoms with Gasteiger partial charge < -0.3 is 9.64 Å². The van der Waals surface area contributed by atoms with E-state index in [1.54, 1.807) is 0 Å². The van der Waals surface area contributed by atoms with Gasteiger partial charge in [-0.25, -0.2) is 0 Å². The number of pyridine rings is 1. The molecule has 2 fully saturated rings. The first-order chi connectivity index (χ1) is 19.1. The number of aromatic nitrogens is 3. The third-order valence-electron chi connectivity index (χ3n) is 9.00. The third-order valence-corrected chi connectivity index (χ3v) is 9.00. The number of hydrogen-bond acceptors (Lipinski definition) is 4. The Labute approximate surface area is 231 Å². The first-order valence-electron chi connectivity index (χ1n) is 14.5. The van der Waals surface area contributed by atoms with Gasteiger partial charge in [-0.05, 0) is 60.6 Å². The fourth-order valence-electron chi connectivity index (χ4n) is 6.94. The molecule has 5 heteroatoms. The fourth-order valence-corrected chi connectivity index (χ4v) is 6.94. The predicted octanol–water partition coefficient (Wildman–Crippen LogP) is 7.17. The van der Waals surface area contributed by atoms with Crippen LogP contribution in [0.2, 0.25) is 0 Å². The molecule has 2 aromatic carbocycles. The van der Waals surface area contributed by atoms with Crippen LogP contribution < -0.4 is 4.90 Å². The SMILES string of the molecule is C[C](C)CC1(c2ccc(-c3nc4c(cc3-c3ccccc3)-c3n[nH]c(N5CCOCC5)c3CC4)cc2)CCC1. The van der Waals surface area contributed by atoms with Crippen LogP contribution >= 0.6 is 0 Å². The van der Waals surface area contributed by atoms with Crippen molar-refractivity contribution in [2.45, 2.75) is 57.8 Å². The summed E-state index contributed by atoms with van der Waals surface area (Å²) in [7, 11) is 0. The number of nitrogens with zero attached hydrogens (tertiary/aromatic N) is 3. The van der Waals surface area contributed by atoms with Crippen molar-refractivity contribution in [3.8, 4) is 33.6 Å². The zero-order chi connectivity index (χ0) is 26.4. The van der Waals surface area contributed by atoms with Gasteiger partial charge in [-0.1, -0.05) is 74.9 Å². The lowest BCUT2D eigenvalue weighted by Crippen LogP contribution is -2.37. The number of benzene rings is 2. The number of hydrogen-bond donors (Lipinski definition) is 1. The van der Waals surface area contributed by atoms with Gasteiger partial charge in [0.15, 0.2) is 0 Å². The molecule has 0 atom stereocenters. The largest absolute Gasteiger partial charge is 0.378 e. The van der Waals surface area contributed by atoms with Crippen molar-refractivity contribution in [3.63, 3.8) is 0 Å². The molecule has 2 aromatic heterocycles. The van der Waals surface area contributed by atoms with Crippen molar-refractivity contribution in [2.75, 3.05) is 31.2 Å². The van der Waals surface area contributed by atoms with Gasteiger partial charge in [0.05, 0.1) is 30.3 Å². The van der Waals surface area contributed by atoms with Crippen molar-refractivity contribution in [1.82, 2.24) is 15.2 Å². The number of fused-ring (bicyclic) bond motifs is 3. The Morgan fingerprint density at radius 2 is 1.67 bits per heavy atom. The molecule has 0 unspecified atom stereocenters. The Hall–Kier alpha value is -3.44. The Morgan fingerprint density at radius 1 is 0.897 bits per heavy atom. The maximum Gasteiger partial charge on any atom is 0.128 e. The molecular weight excluding hydrogens is 480 g/mol. The normalized spacial score (nSPS) is 18.0. The molecule has 1 saturated heterocycles. The highest BCUT2D eigenvalue weighted by atomic mass is 16.5. The van der Waals surface area contributed by atoms with Crippen molar-refractivity contribution < 1.29 is 4.74 Å². The zero-order valence-electron chi connectivity index (χ0n) is 23.1. The van der Waals surface area contributed by atoms with Gasteiger partial charge in [-0.15, -0.1) is 0 Å². The second kappa shape index (κ2) is 9.95. The van der Waals surface area contributed by atoms with Crippen LogP contribution in [0.5, 0.6) is 0 Å². The van der Waals surface area contributed by atoms with E-state index >= 15 is 0 Å². The monoisotopic (exact) mass is 517 g/mol. The van der Waals surface area contributed by atoms with Gasteiger partial charge >= 0.3 is 0 Å². The zero-order valence-corrected chi connectivity index (χ0v) is 23.1.